The van der Waals surface area contributed by atoms with Crippen molar-refractivity contribution in [3.8, 4) is 0 Å². The molecule has 0 radical (unpaired) electrons. The highest BCUT2D eigenvalue weighted by Crippen LogP contribution is 2.33. The van der Waals surface area contributed by atoms with Gasteiger partial charge in [-0.1, -0.05) is 25.1 Å². The number of aliphatic carboxylic acids is 1. The number of hydrogen-bond acceptors (Lipinski definition) is 3. The molecule has 1 amide bonds. The third-order valence-corrected chi connectivity index (χ3v) is 3.89. The standard InChI is InChI=1S/C15H20N2O3/c1-3-13(15(19)20)17(2)14(18)8-10-9-16-12-7-5-4-6-11(10)12/h4-7,10,13,16H,3,8-9H2,1-2H3,(H,19,20). The Morgan fingerprint density at radius 1 is 1.45 bits per heavy atom. The number of amides is 1. The van der Waals surface area contributed by atoms with Gasteiger partial charge in [-0.2, -0.15) is 0 Å². The lowest BCUT2D eigenvalue weighted by molar-refractivity contribution is -0.149. The molecular weight excluding hydrogens is 256 g/mol. The fourth-order valence-corrected chi connectivity index (χ4v) is 2.68. The Bertz CT molecular complexity index is 516. The highest BCUT2D eigenvalue weighted by atomic mass is 16.4. The van der Waals surface area contributed by atoms with Gasteiger partial charge < -0.3 is 15.3 Å². The normalized spacial score (nSPS) is 18.0. The van der Waals surface area contributed by atoms with Gasteiger partial charge in [-0.05, 0) is 18.1 Å². The molecule has 2 unspecified atom stereocenters. The molecule has 0 spiro atoms. The number of carboxylic acids is 1. The Hall–Kier alpha value is -2.04. The van der Waals surface area contributed by atoms with E-state index < -0.39 is 12.0 Å². The molecule has 0 fully saturated rings. The van der Waals surface area contributed by atoms with Crippen LogP contribution in [0.3, 0.4) is 0 Å². The van der Waals surface area contributed by atoms with E-state index >= 15 is 0 Å². The molecular formula is C15H20N2O3. The van der Waals surface area contributed by atoms with Gasteiger partial charge in [0, 0.05) is 31.6 Å². The van der Waals surface area contributed by atoms with Crippen LogP contribution in [0.4, 0.5) is 5.69 Å². The summed E-state index contributed by atoms with van der Waals surface area (Å²) in [7, 11) is 1.57. The smallest absolute Gasteiger partial charge is 0.326 e. The number of carbonyl (C=O) groups excluding carboxylic acids is 1. The molecule has 5 heteroatoms. The zero-order valence-electron chi connectivity index (χ0n) is 11.8. The summed E-state index contributed by atoms with van der Waals surface area (Å²) in [6.45, 7) is 2.50. The van der Waals surface area contributed by atoms with E-state index in [4.69, 9.17) is 5.11 Å². The van der Waals surface area contributed by atoms with E-state index in [9.17, 15) is 9.59 Å². The van der Waals surface area contributed by atoms with E-state index in [-0.39, 0.29) is 11.8 Å². The zero-order chi connectivity index (χ0) is 14.7. The lowest BCUT2D eigenvalue weighted by Crippen LogP contribution is -2.42. The largest absolute Gasteiger partial charge is 0.480 e. The van der Waals surface area contributed by atoms with Crippen LogP contribution in [0.1, 0.15) is 31.2 Å². The molecule has 108 valence electrons. The van der Waals surface area contributed by atoms with Crippen LogP contribution in [0, 0.1) is 0 Å². The molecule has 0 aliphatic carbocycles. The summed E-state index contributed by atoms with van der Waals surface area (Å²) >= 11 is 0. The molecule has 5 nitrogen and oxygen atoms in total. The number of benzene rings is 1. The van der Waals surface area contributed by atoms with Gasteiger partial charge in [0.15, 0.2) is 0 Å². The van der Waals surface area contributed by atoms with Crippen LogP contribution >= 0.6 is 0 Å². The summed E-state index contributed by atoms with van der Waals surface area (Å²) in [5.41, 5.74) is 2.20. The van der Waals surface area contributed by atoms with Crippen molar-refractivity contribution >= 4 is 17.6 Å². The first-order chi connectivity index (χ1) is 9.54. The van der Waals surface area contributed by atoms with Crippen molar-refractivity contribution in [2.45, 2.75) is 31.7 Å². The van der Waals surface area contributed by atoms with Crippen LogP contribution in [-0.4, -0.2) is 41.5 Å². The predicted octanol–water partition coefficient (Wildman–Crippen LogP) is 1.91. The number of para-hydroxylation sites is 1. The van der Waals surface area contributed by atoms with Crippen LogP contribution in [-0.2, 0) is 9.59 Å². The van der Waals surface area contributed by atoms with Crippen molar-refractivity contribution < 1.29 is 14.7 Å². The zero-order valence-corrected chi connectivity index (χ0v) is 11.8. The number of rotatable bonds is 5. The third kappa shape index (κ3) is 2.76. The maximum absolute atomic E-state index is 12.2. The van der Waals surface area contributed by atoms with Crippen LogP contribution in [0.15, 0.2) is 24.3 Å². The van der Waals surface area contributed by atoms with Gasteiger partial charge in [0.1, 0.15) is 6.04 Å². The quantitative estimate of drug-likeness (QED) is 0.862. The molecule has 0 bridgehead atoms. The summed E-state index contributed by atoms with van der Waals surface area (Å²) in [5.74, 6) is -0.955. The van der Waals surface area contributed by atoms with Crippen LogP contribution in [0.5, 0.6) is 0 Å². The second-order valence-electron chi connectivity index (χ2n) is 5.14. The number of nitrogens with zero attached hydrogens (tertiary/aromatic N) is 1. The number of hydrogen-bond donors (Lipinski definition) is 2. The molecule has 20 heavy (non-hydrogen) atoms. The van der Waals surface area contributed by atoms with Crippen LogP contribution in [0.2, 0.25) is 0 Å². The van der Waals surface area contributed by atoms with E-state index in [2.05, 4.69) is 5.32 Å². The Labute approximate surface area is 118 Å². The molecule has 2 N–H and O–H groups in total. The van der Waals surface area contributed by atoms with Crippen LogP contribution in [0.25, 0.3) is 0 Å². The van der Waals surface area contributed by atoms with Crippen molar-refractivity contribution in [1.82, 2.24) is 4.90 Å². The molecule has 0 aromatic heterocycles. The SMILES string of the molecule is CCC(C(=O)O)N(C)C(=O)CC1CNc2ccccc21. The first-order valence-corrected chi connectivity index (χ1v) is 6.85. The lowest BCUT2D eigenvalue weighted by Gasteiger charge is -2.25. The van der Waals surface area contributed by atoms with Gasteiger partial charge in [0.05, 0.1) is 0 Å². The monoisotopic (exact) mass is 276 g/mol. The Kier molecular flexibility index (Phi) is 4.27. The van der Waals surface area contributed by atoms with Crippen molar-refractivity contribution in [3.63, 3.8) is 0 Å². The summed E-state index contributed by atoms with van der Waals surface area (Å²) < 4.78 is 0. The second-order valence-corrected chi connectivity index (χ2v) is 5.14. The molecule has 1 aliphatic heterocycles. The molecule has 1 aromatic rings. The van der Waals surface area contributed by atoms with Crippen LogP contribution < -0.4 is 5.32 Å². The molecule has 1 aliphatic rings. The van der Waals surface area contributed by atoms with Crippen molar-refractivity contribution in [2.75, 3.05) is 18.9 Å². The fraction of sp³-hybridized carbons (Fsp3) is 0.467. The summed E-state index contributed by atoms with van der Waals surface area (Å²) in [4.78, 5) is 24.7. The maximum Gasteiger partial charge on any atom is 0.326 e. The molecule has 0 saturated carbocycles. The van der Waals surface area contributed by atoms with Gasteiger partial charge in [0.25, 0.3) is 0 Å². The first-order valence-electron chi connectivity index (χ1n) is 6.85. The summed E-state index contributed by atoms with van der Waals surface area (Å²) in [6, 6.07) is 7.18. The van der Waals surface area contributed by atoms with Gasteiger partial charge in [-0.25, -0.2) is 4.79 Å². The van der Waals surface area contributed by atoms with Gasteiger partial charge >= 0.3 is 5.97 Å². The average Bonchev–Trinajstić information content (AvgIpc) is 2.82. The van der Waals surface area contributed by atoms with E-state index in [0.717, 1.165) is 17.8 Å². The van der Waals surface area contributed by atoms with Crippen molar-refractivity contribution in [1.29, 1.82) is 0 Å². The minimum Gasteiger partial charge on any atom is -0.480 e. The highest BCUT2D eigenvalue weighted by Gasteiger charge is 2.29. The minimum atomic E-state index is -0.951. The maximum atomic E-state index is 12.2. The molecule has 2 atom stereocenters. The highest BCUT2D eigenvalue weighted by molar-refractivity contribution is 5.84. The topological polar surface area (TPSA) is 69.6 Å². The number of fused-ring (bicyclic) bond motifs is 1. The van der Waals surface area contributed by atoms with E-state index in [1.165, 1.54) is 4.90 Å². The van der Waals surface area contributed by atoms with Crippen molar-refractivity contribution in [2.24, 2.45) is 0 Å². The molecule has 1 heterocycles. The Balaban J connectivity index is 2.04. The van der Waals surface area contributed by atoms with Crippen molar-refractivity contribution in [3.05, 3.63) is 29.8 Å². The predicted molar refractivity (Wildman–Crippen MR) is 76.8 cm³/mol. The van der Waals surface area contributed by atoms with Gasteiger partial charge in [-0.15, -0.1) is 0 Å². The molecule has 1 aromatic carbocycles. The Morgan fingerprint density at radius 3 is 2.80 bits per heavy atom. The number of carbonyl (C=O) groups is 2. The first kappa shape index (κ1) is 14.4. The summed E-state index contributed by atoms with van der Waals surface area (Å²) in [5, 5.41) is 12.4. The van der Waals surface area contributed by atoms with E-state index in [1.807, 2.05) is 24.3 Å². The fourth-order valence-electron chi connectivity index (χ4n) is 2.68. The number of likely N-dealkylation sites (N-methyl/N-ethyl adjacent to an activating group) is 1. The second kappa shape index (κ2) is 5.94. The van der Waals surface area contributed by atoms with Gasteiger partial charge in [-0.3, -0.25) is 4.79 Å². The number of carboxylic acid groups (broad SMARTS) is 1. The van der Waals surface area contributed by atoms with Gasteiger partial charge in [0.2, 0.25) is 5.91 Å². The minimum absolute atomic E-state index is 0.118. The average molecular weight is 276 g/mol. The molecule has 2 rings (SSSR count). The number of nitrogens with one attached hydrogen (secondary N) is 1. The molecule has 0 saturated heterocycles. The Morgan fingerprint density at radius 2 is 2.15 bits per heavy atom. The van der Waals surface area contributed by atoms with E-state index in [1.54, 1.807) is 14.0 Å². The lowest BCUT2D eigenvalue weighted by atomic mass is 9.97. The third-order valence-electron chi connectivity index (χ3n) is 3.89. The summed E-state index contributed by atoms with van der Waals surface area (Å²) in [6.07, 6.45) is 0.751. The van der Waals surface area contributed by atoms with E-state index in [0.29, 0.717) is 12.8 Å². The number of anilines is 1.